The summed E-state index contributed by atoms with van der Waals surface area (Å²) >= 11 is 6.67. The van der Waals surface area contributed by atoms with E-state index in [4.69, 9.17) is 12.2 Å². The number of carbonyl (C=O) groups is 1. The summed E-state index contributed by atoms with van der Waals surface area (Å²) in [5, 5.41) is 9.81. The van der Waals surface area contributed by atoms with Crippen LogP contribution in [0.25, 0.3) is 6.08 Å². The Morgan fingerprint density at radius 1 is 1.09 bits per heavy atom. The molecule has 0 N–H and O–H groups in total. The van der Waals surface area contributed by atoms with Crippen molar-refractivity contribution in [3.8, 4) is 6.07 Å². The lowest BCUT2D eigenvalue weighted by Crippen LogP contribution is -2.48. The monoisotopic (exact) mass is 507 g/mol. The predicted molar refractivity (Wildman–Crippen MR) is 147 cm³/mol. The van der Waals surface area contributed by atoms with Gasteiger partial charge in [-0.25, -0.2) is 0 Å². The van der Waals surface area contributed by atoms with Crippen molar-refractivity contribution in [3.63, 3.8) is 0 Å². The van der Waals surface area contributed by atoms with Crippen molar-refractivity contribution in [3.05, 3.63) is 62.3 Å². The van der Waals surface area contributed by atoms with Gasteiger partial charge in [0, 0.05) is 50.5 Å². The minimum Gasteiger partial charge on any atom is -0.368 e. The number of anilines is 2. The number of para-hydroxylation sites is 1. The fourth-order valence-corrected chi connectivity index (χ4v) is 6.00. The normalized spacial score (nSPS) is 17.4. The lowest BCUT2D eigenvalue weighted by molar-refractivity contribution is -0.121. The largest absolute Gasteiger partial charge is 0.368 e. The Hall–Kier alpha value is -3.09. The molecule has 2 aliphatic rings. The van der Waals surface area contributed by atoms with Crippen LogP contribution < -0.4 is 15.4 Å². The minimum absolute atomic E-state index is 0.127. The summed E-state index contributed by atoms with van der Waals surface area (Å²) < 4.78 is 2.25. The van der Waals surface area contributed by atoms with Crippen LogP contribution in [0.3, 0.4) is 0 Å². The number of hydrogen-bond acceptors (Lipinski definition) is 7. The summed E-state index contributed by atoms with van der Waals surface area (Å²) in [6, 6.07) is 12.4. The van der Waals surface area contributed by atoms with Gasteiger partial charge >= 0.3 is 0 Å². The second-order valence-electron chi connectivity index (χ2n) is 8.54. The van der Waals surface area contributed by atoms with E-state index < -0.39 is 0 Å². The molecule has 182 valence electrons. The molecule has 2 saturated heterocycles. The molecule has 3 heterocycles. The number of thioether (sulfide) groups is 1. The standard InChI is InChI=1S/C26H29N5O2S2/c1-4-11-31-23(29-14-12-28(13-15-29)19-9-7-6-8-10-19)20(18(3)21(17-27)24(31)32)16-22-25(33)30(5-2)26(34)35-22/h6-10,16H,4-5,11-15H2,1-3H3/b22-16+. The van der Waals surface area contributed by atoms with E-state index in [0.717, 1.165) is 44.0 Å². The maximum Gasteiger partial charge on any atom is 0.270 e. The van der Waals surface area contributed by atoms with Gasteiger partial charge in [-0.15, -0.1) is 0 Å². The molecule has 1 amide bonds. The molecule has 1 aromatic carbocycles. The van der Waals surface area contributed by atoms with Gasteiger partial charge in [-0.05, 0) is 44.0 Å². The number of hydrogen-bond donors (Lipinski definition) is 0. The van der Waals surface area contributed by atoms with Gasteiger partial charge < -0.3 is 9.80 Å². The first kappa shape index (κ1) is 25.0. The van der Waals surface area contributed by atoms with E-state index in [-0.39, 0.29) is 17.0 Å². The van der Waals surface area contributed by atoms with Gasteiger partial charge in [-0.3, -0.25) is 19.1 Å². The zero-order valence-electron chi connectivity index (χ0n) is 20.3. The molecule has 0 unspecified atom stereocenters. The number of aromatic nitrogens is 1. The first-order chi connectivity index (χ1) is 16.9. The molecule has 0 atom stereocenters. The molecule has 0 saturated carbocycles. The average molecular weight is 508 g/mol. The Bertz CT molecular complexity index is 1270. The van der Waals surface area contributed by atoms with E-state index in [1.807, 2.05) is 38.1 Å². The highest BCUT2D eigenvalue weighted by molar-refractivity contribution is 8.26. The molecule has 2 aliphatic heterocycles. The third-order valence-corrected chi connectivity index (χ3v) is 7.84. The molecule has 0 bridgehead atoms. The smallest absolute Gasteiger partial charge is 0.270 e. The zero-order valence-corrected chi connectivity index (χ0v) is 21.9. The molecule has 35 heavy (non-hydrogen) atoms. The fraction of sp³-hybridized carbons (Fsp3) is 0.385. The van der Waals surface area contributed by atoms with E-state index >= 15 is 0 Å². The van der Waals surface area contributed by atoms with Crippen molar-refractivity contribution in [2.75, 3.05) is 42.5 Å². The van der Waals surface area contributed by atoms with Gasteiger partial charge in [0.2, 0.25) is 0 Å². The van der Waals surface area contributed by atoms with Crippen LogP contribution in [0.2, 0.25) is 0 Å². The van der Waals surface area contributed by atoms with Crippen LogP contribution in [0.5, 0.6) is 0 Å². The summed E-state index contributed by atoms with van der Waals surface area (Å²) in [6.45, 7) is 9.77. The van der Waals surface area contributed by atoms with Crippen molar-refractivity contribution < 1.29 is 4.79 Å². The molecule has 0 aliphatic carbocycles. The number of amides is 1. The minimum atomic E-state index is -0.273. The number of rotatable bonds is 6. The van der Waals surface area contributed by atoms with Crippen LogP contribution in [0.1, 0.15) is 37.0 Å². The summed E-state index contributed by atoms with van der Waals surface area (Å²) in [6.07, 6.45) is 2.58. The third-order valence-electron chi connectivity index (χ3n) is 6.46. The summed E-state index contributed by atoms with van der Waals surface area (Å²) in [5.74, 6) is 0.649. The predicted octanol–water partition coefficient (Wildman–Crippen LogP) is 3.99. The number of benzene rings is 1. The summed E-state index contributed by atoms with van der Waals surface area (Å²) in [7, 11) is 0. The van der Waals surface area contributed by atoms with E-state index in [0.29, 0.717) is 27.9 Å². The molecule has 0 spiro atoms. The van der Waals surface area contributed by atoms with Gasteiger partial charge in [-0.2, -0.15) is 5.26 Å². The van der Waals surface area contributed by atoms with Crippen LogP contribution in [-0.4, -0.2) is 52.4 Å². The maximum atomic E-state index is 13.3. The van der Waals surface area contributed by atoms with Crippen molar-refractivity contribution >= 4 is 51.8 Å². The quantitative estimate of drug-likeness (QED) is 0.432. The van der Waals surface area contributed by atoms with E-state index in [1.54, 1.807) is 16.4 Å². The van der Waals surface area contributed by atoms with Gasteiger partial charge in [0.05, 0.1) is 4.91 Å². The lowest BCUT2D eigenvalue weighted by Gasteiger charge is -2.39. The van der Waals surface area contributed by atoms with Crippen molar-refractivity contribution in [2.45, 2.75) is 33.7 Å². The number of thiocarbonyl (C=S) groups is 1. The molecular weight excluding hydrogens is 478 g/mol. The average Bonchev–Trinajstić information content (AvgIpc) is 3.15. The molecule has 2 fully saturated rings. The molecule has 2 aromatic rings. The number of carbonyl (C=O) groups excluding carboxylic acids is 1. The molecule has 9 heteroatoms. The Balaban J connectivity index is 1.81. The van der Waals surface area contributed by atoms with Crippen molar-refractivity contribution in [2.24, 2.45) is 0 Å². The lowest BCUT2D eigenvalue weighted by atomic mass is 10.0. The van der Waals surface area contributed by atoms with Gasteiger partial charge in [0.25, 0.3) is 11.5 Å². The van der Waals surface area contributed by atoms with Crippen LogP contribution in [0.4, 0.5) is 11.5 Å². The van der Waals surface area contributed by atoms with Crippen molar-refractivity contribution in [1.29, 1.82) is 5.26 Å². The zero-order chi connectivity index (χ0) is 25.1. The summed E-state index contributed by atoms with van der Waals surface area (Å²) in [4.78, 5) is 33.0. The van der Waals surface area contributed by atoms with E-state index in [2.05, 4.69) is 28.0 Å². The Morgan fingerprint density at radius 2 is 1.74 bits per heavy atom. The van der Waals surface area contributed by atoms with E-state index in [1.165, 1.54) is 17.4 Å². The second-order valence-corrected chi connectivity index (χ2v) is 10.2. The number of nitrogens with zero attached hydrogens (tertiary/aromatic N) is 5. The number of piperazine rings is 1. The molecule has 4 rings (SSSR count). The number of nitriles is 1. The van der Waals surface area contributed by atoms with Crippen LogP contribution in [-0.2, 0) is 11.3 Å². The first-order valence-electron chi connectivity index (χ1n) is 11.9. The van der Waals surface area contributed by atoms with Gasteiger partial charge in [-0.1, -0.05) is 49.1 Å². The highest BCUT2D eigenvalue weighted by atomic mass is 32.2. The molecule has 1 aromatic heterocycles. The number of likely N-dealkylation sites (N-methyl/N-ethyl adjacent to an activating group) is 1. The summed E-state index contributed by atoms with van der Waals surface area (Å²) in [5.41, 5.74) is 2.39. The second kappa shape index (κ2) is 10.7. The third kappa shape index (κ3) is 4.73. The Morgan fingerprint density at radius 3 is 2.31 bits per heavy atom. The Labute approximate surface area is 215 Å². The Kier molecular flexibility index (Phi) is 7.63. The first-order valence-corrected chi connectivity index (χ1v) is 13.1. The van der Waals surface area contributed by atoms with Crippen LogP contribution in [0.15, 0.2) is 40.0 Å². The molecule has 7 nitrogen and oxygen atoms in total. The maximum absolute atomic E-state index is 13.3. The van der Waals surface area contributed by atoms with Crippen LogP contribution in [0, 0.1) is 18.3 Å². The number of pyridine rings is 1. The SMILES string of the molecule is CCCn1c(N2CCN(c3ccccc3)CC2)c(/C=C2/SC(=S)N(CC)C2=O)c(C)c(C#N)c1=O. The molecule has 0 radical (unpaired) electrons. The van der Waals surface area contributed by atoms with Gasteiger partial charge in [0.15, 0.2) is 0 Å². The fourth-order valence-electron chi connectivity index (χ4n) is 4.63. The molecular formula is C26H29N5O2S2. The van der Waals surface area contributed by atoms with Gasteiger partial charge in [0.1, 0.15) is 21.8 Å². The topological polar surface area (TPSA) is 72.6 Å². The van der Waals surface area contributed by atoms with Crippen molar-refractivity contribution in [1.82, 2.24) is 9.47 Å². The highest BCUT2D eigenvalue weighted by Gasteiger charge is 2.32. The van der Waals surface area contributed by atoms with E-state index in [9.17, 15) is 14.9 Å². The highest BCUT2D eigenvalue weighted by Crippen LogP contribution is 2.36. The van der Waals surface area contributed by atoms with Crippen LogP contribution >= 0.6 is 24.0 Å².